The second kappa shape index (κ2) is 10.5. The van der Waals surface area contributed by atoms with Crippen molar-refractivity contribution in [2.24, 2.45) is 0 Å². The van der Waals surface area contributed by atoms with Gasteiger partial charge in [-0.3, -0.25) is 9.69 Å². The van der Waals surface area contributed by atoms with Crippen LogP contribution in [0.5, 0.6) is 0 Å². The van der Waals surface area contributed by atoms with Gasteiger partial charge in [0.05, 0.1) is 11.4 Å². The zero-order valence-electron chi connectivity index (χ0n) is 19.5. The number of piperazine rings is 1. The Bertz CT molecular complexity index is 1190. The smallest absolute Gasteiger partial charge is 0.271 e. The lowest BCUT2D eigenvalue weighted by Gasteiger charge is -2.36. The van der Waals surface area contributed by atoms with E-state index in [0.717, 1.165) is 55.4 Å². The third kappa shape index (κ3) is 5.41. The van der Waals surface area contributed by atoms with Crippen molar-refractivity contribution in [3.8, 4) is 16.9 Å². The second-order valence-corrected chi connectivity index (χ2v) is 8.59. The summed E-state index contributed by atoms with van der Waals surface area (Å²) in [7, 11) is 0. The van der Waals surface area contributed by atoms with E-state index in [0.29, 0.717) is 12.2 Å². The Balaban J connectivity index is 1.19. The number of hydrogen-bond acceptors (Lipinski definition) is 4. The van der Waals surface area contributed by atoms with Crippen LogP contribution in [0.1, 0.15) is 10.5 Å². The quantitative estimate of drug-likeness (QED) is 0.440. The number of hydrogen-bond donors (Lipinski definition) is 1. The summed E-state index contributed by atoms with van der Waals surface area (Å²) in [6.07, 6.45) is 0. The Morgan fingerprint density at radius 2 is 1.49 bits per heavy atom. The zero-order valence-corrected chi connectivity index (χ0v) is 19.5. The molecule has 1 aliphatic heterocycles. The molecular weight excluding hydrogens is 441 g/mol. The van der Waals surface area contributed by atoms with Crippen LogP contribution in [0.25, 0.3) is 16.9 Å². The molecule has 0 aliphatic carbocycles. The van der Waals surface area contributed by atoms with Crippen LogP contribution in [-0.2, 0) is 0 Å². The van der Waals surface area contributed by atoms with Crippen LogP contribution >= 0.6 is 0 Å². The first-order valence-corrected chi connectivity index (χ1v) is 11.9. The van der Waals surface area contributed by atoms with E-state index in [1.807, 2.05) is 83.5 Å². The van der Waals surface area contributed by atoms with Gasteiger partial charge >= 0.3 is 0 Å². The minimum absolute atomic E-state index is 0.179. The summed E-state index contributed by atoms with van der Waals surface area (Å²) >= 11 is 0. The molecule has 0 radical (unpaired) electrons. The highest BCUT2D eigenvalue weighted by atomic mass is 19.1. The predicted molar refractivity (Wildman–Crippen MR) is 136 cm³/mol. The summed E-state index contributed by atoms with van der Waals surface area (Å²) in [5.74, 6) is -0.394. The monoisotopic (exact) mass is 469 g/mol. The van der Waals surface area contributed by atoms with Gasteiger partial charge in [0.2, 0.25) is 0 Å². The van der Waals surface area contributed by atoms with Crippen LogP contribution < -0.4 is 10.2 Å². The van der Waals surface area contributed by atoms with E-state index in [1.54, 1.807) is 0 Å². The van der Waals surface area contributed by atoms with Crippen molar-refractivity contribution in [3.05, 3.63) is 103 Å². The van der Waals surface area contributed by atoms with Crippen LogP contribution in [-0.4, -0.2) is 59.9 Å². The van der Waals surface area contributed by atoms with Gasteiger partial charge in [-0.05, 0) is 42.5 Å². The number of rotatable bonds is 7. The molecule has 1 N–H and O–H groups in total. The molecule has 178 valence electrons. The highest BCUT2D eigenvalue weighted by Gasteiger charge is 2.19. The number of amides is 1. The summed E-state index contributed by atoms with van der Waals surface area (Å²) in [5, 5.41) is 7.66. The number of halogens is 1. The van der Waals surface area contributed by atoms with E-state index < -0.39 is 0 Å². The van der Waals surface area contributed by atoms with E-state index in [9.17, 15) is 9.18 Å². The maximum absolute atomic E-state index is 13.2. The molecule has 1 aliphatic rings. The molecule has 1 aromatic heterocycles. The predicted octanol–water partition coefficient (Wildman–Crippen LogP) is 4.23. The third-order valence-corrected chi connectivity index (χ3v) is 6.29. The number of anilines is 1. The van der Waals surface area contributed by atoms with Crippen molar-refractivity contribution in [1.29, 1.82) is 0 Å². The van der Waals surface area contributed by atoms with E-state index in [1.165, 1.54) is 12.1 Å². The largest absolute Gasteiger partial charge is 0.369 e. The standard InChI is InChI=1S/C28H28FN5O/c29-23-11-13-24(14-12-23)33-19-17-32(18-20-33)16-15-30-28(35)26-21-27(22-7-3-1-4-8-22)34(31-26)25-9-5-2-6-10-25/h1-14,21H,15-20H2,(H,30,35). The van der Waals surface area contributed by atoms with Gasteiger partial charge in [-0.1, -0.05) is 48.5 Å². The molecule has 1 fully saturated rings. The SMILES string of the molecule is O=C(NCCN1CCN(c2ccc(F)cc2)CC1)c1cc(-c2ccccc2)n(-c2ccccc2)n1. The van der Waals surface area contributed by atoms with Crippen molar-refractivity contribution >= 4 is 11.6 Å². The lowest BCUT2D eigenvalue weighted by molar-refractivity contribution is 0.0942. The van der Waals surface area contributed by atoms with Crippen molar-refractivity contribution in [2.45, 2.75) is 0 Å². The average molecular weight is 470 g/mol. The summed E-state index contributed by atoms with van der Waals surface area (Å²) in [6.45, 7) is 4.87. The normalized spacial score (nSPS) is 14.1. The van der Waals surface area contributed by atoms with Crippen LogP contribution in [0.3, 0.4) is 0 Å². The van der Waals surface area contributed by atoms with Crippen LogP contribution in [0.4, 0.5) is 10.1 Å². The van der Waals surface area contributed by atoms with Gasteiger partial charge < -0.3 is 10.2 Å². The van der Waals surface area contributed by atoms with E-state index in [4.69, 9.17) is 0 Å². The van der Waals surface area contributed by atoms with Gasteiger partial charge in [0.25, 0.3) is 5.91 Å². The molecule has 6 nitrogen and oxygen atoms in total. The van der Waals surface area contributed by atoms with Gasteiger partial charge in [-0.2, -0.15) is 5.10 Å². The molecule has 7 heteroatoms. The molecule has 3 aromatic carbocycles. The van der Waals surface area contributed by atoms with Gasteiger partial charge in [-0.25, -0.2) is 9.07 Å². The highest BCUT2D eigenvalue weighted by Crippen LogP contribution is 2.24. The van der Waals surface area contributed by atoms with Gasteiger partial charge in [-0.15, -0.1) is 0 Å². The topological polar surface area (TPSA) is 53.4 Å². The molecule has 1 saturated heterocycles. The number of carbonyl (C=O) groups is 1. The Labute approximate surface area is 204 Å². The Morgan fingerprint density at radius 3 is 2.17 bits per heavy atom. The Kier molecular flexibility index (Phi) is 6.86. The molecule has 0 unspecified atom stereocenters. The van der Waals surface area contributed by atoms with Crippen molar-refractivity contribution in [1.82, 2.24) is 20.0 Å². The summed E-state index contributed by atoms with van der Waals surface area (Å²) in [6, 6.07) is 28.3. The summed E-state index contributed by atoms with van der Waals surface area (Å²) in [4.78, 5) is 17.5. The molecule has 0 saturated carbocycles. The van der Waals surface area contributed by atoms with Crippen LogP contribution in [0.15, 0.2) is 91.0 Å². The van der Waals surface area contributed by atoms with Crippen LogP contribution in [0.2, 0.25) is 0 Å². The first kappa shape index (κ1) is 22.8. The molecule has 35 heavy (non-hydrogen) atoms. The number of benzene rings is 3. The lowest BCUT2D eigenvalue weighted by atomic mass is 10.1. The Hall–Kier alpha value is -3.97. The molecule has 2 heterocycles. The second-order valence-electron chi connectivity index (χ2n) is 8.59. The van der Waals surface area contributed by atoms with Crippen LogP contribution in [0, 0.1) is 5.82 Å². The molecule has 4 aromatic rings. The van der Waals surface area contributed by atoms with Crippen molar-refractivity contribution in [3.63, 3.8) is 0 Å². The third-order valence-electron chi connectivity index (χ3n) is 6.29. The lowest BCUT2D eigenvalue weighted by Crippen LogP contribution is -2.48. The number of nitrogens with zero attached hydrogens (tertiary/aromatic N) is 4. The Morgan fingerprint density at radius 1 is 0.829 bits per heavy atom. The average Bonchev–Trinajstić information content (AvgIpc) is 3.36. The maximum atomic E-state index is 13.2. The molecule has 0 spiro atoms. The molecule has 0 bridgehead atoms. The molecule has 1 amide bonds. The fourth-order valence-electron chi connectivity index (χ4n) is 4.37. The minimum atomic E-state index is -0.215. The number of nitrogens with one attached hydrogen (secondary N) is 1. The minimum Gasteiger partial charge on any atom is -0.369 e. The van der Waals surface area contributed by atoms with Gasteiger partial charge in [0.15, 0.2) is 5.69 Å². The fraction of sp³-hybridized carbons (Fsp3) is 0.214. The number of carbonyl (C=O) groups excluding carboxylic acids is 1. The number of aromatic nitrogens is 2. The molecule has 0 atom stereocenters. The number of para-hydroxylation sites is 1. The summed E-state index contributed by atoms with van der Waals surface area (Å²) < 4.78 is 15.0. The van der Waals surface area contributed by atoms with Crippen molar-refractivity contribution in [2.75, 3.05) is 44.2 Å². The van der Waals surface area contributed by atoms with Crippen molar-refractivity contribution < 1.29 is 9.18 Å². The fourth-order valence-corrected chi connectivity index (χ4v) is 4.37. The summed E-state index contributed by atoms with van der Waals surface area (Å²) in [5.41, 5.74) is 4.22. The zero-order chi connectivity index (χ0) is 24.0. The van der Waals surface area contributed by atoms with Gasteiger partial charge in [0.1, 0.15) is 5.82 Å². The highest BCUT2D eigenvalue weighted by molar-refractivity contribution is 5.93. The maximum Gasteiger partial charge on any atom is 0.271 e. The molecular formula is C28H28FN5O. The van der Waals surface area contributed by atoms with E-state index in [-0.39, 0.29) is 11.7 Å². The van der Waals surface area contributed by atoms with Gasteiger partial charge in [0, 0.05) is 50.5 Å². The molecule has 5 rings (SSSR count). The van der Waals surface area contributed by atoms with E-state index >= 15 is 0 Å². The first-order chi connectivity index (χ1) is 17.2. The first-order valence-electron chi connectivity index (χ1n) is 11.9. The van der Waals surface area contributed by atoms with E-state index in [2.05, 4.69) is 20.2 Å².